The molecule has 0 aromatic heterocycles. The maximum Gasteiger partial charge on any atom is 0.261 e. The van der Waals surface area contributed by atoms with Crippen LogP contribution in [0, 0.1) is 17.3 Å². The number of hydrogen-bond acceptors (Lipinski definition) is 2. The molecule has 2 nitrogen and oxygen atoms in total. The van der Waals surface area contributed by atoms with E-state index in [1.54, 1.807) is 0 Å². The van der Waals surface area contributed by atoms with Crippen LogP contribution in [0.15, 0.2) is 60.7 Å². The van der Waals surface area contributed by atoms with Gasteiger partial charge in [0, 0.05) is 11.5 Å². The summed E-state index contributed by atoms with van der Waals surface area (Å²) in [5.41, 5.74) is -0.100. The van der Waals surface area contributed by atoms with Crippen molar-refractivity contribution in [2.24, 2.45) is 17.3 Å². The van der Waals surface area contributed by atoms with E-state index in [1.807, 2.05) is 0 Å². The second kappa shape index (κ2) is 6.96. The van der Waals surface area contributed by atoms with Crippen molar-refractivity contribution < 1.29 is 9.22 Å². The van der Waals surface area contributed by atoms with Gasteiger partial charge in [-0.3, -0.25) is 0 Å². The van der Waals surface area contributed by atoms with Crippen LogP contribution in [-0.4, -0.2) is 20.7 Å². The van der Waals surface area contributed by atoms with Gasteiger partial charge in [0.25, 0.3) is 8.32 Å². The van der Waals surface area contributed by atoms with Gasteiger partial charge in [0.1, 0.15) is 6.29 Å². The highest BCUT2D eigenvalue weighted by molar-refractivity contribution is 6.99. The van der Waals surface area contributed by atoms with Crippen LogP contribution < -0.4 is 10.4 Å². The first kappa shape index (κ1) is 19.6. The fraction of sp³-hybridized carbons (Fsp3) is 0.480. The zero-order valence-electron chi connectivity index (χ0n) is 17.5. The second-order valence-electron chi connectivity index (χ2n) is 9.76. The van der Waals surface area contributed by atoms with Gasteiger partial charge in [-0.15, -0.1) is 0 Å². The quantitative estimate of drug-likeness (QED) is 0.532. The Hall–Kier alpha value is -1.71. The standard InChI is InChI=1S/C25H32O2Si/c1-5-21-22-16-25(22,18-26)17-23(21)27-28(24(2,3)4,19-12-8-6-9-13-19)20-14-10-7-11-15-20/h6-15,18,21-23H,5,16-17H2,1-4H3/t21-,22+,23-,25-/m1/s1. The summed E-state index contributed by atoms with van der Waals surface area (Å²) >= 11 is 0. The molecule has 2 fully saturated rings. The van der Waals surface area contributed by atoms with E-state index in [-0.39, 0.29) is 16.6 Å². The molecule has 0 heterocycles. The fourth-order valence-corrected chi connectivity index (χ4v) is 10.5. The molecule has 28 heavy (non-hydrogen) atoms. The van der Waals surface area contributed by atoms with Gasteiger partial charge in [-0.1, -0.05) is 94.8 Å². The van der Waals surface area contributed by atoms with Crippen LogP contribution in [0.3, 0.4) is 0 Å². The zero-order chi connectivity index (χ0) is 20.0. The van der Waals surface area contributed by atoms with Gasteiger partial charge in [-0.25, -0.2) is 0 Å². The molecule has 2 aliphatic rings. The van der Waals surface area contributed by atoms with E-state index in [9.17, 15) is 4.79 Å². The second-order valence-corrected chi connectivity index (χ2v) is 14.0. The zero-order valence-corrected chi connectivity index (χ0v) is 18.5. The Morgan fingerprint density at radius 2 is 1.54 bits per heavy atom. The van der Waals surface area contributed by atoms with E-state index < -0.39 is 8.32 Å². The van der Waals surface area contributed by atoms with Crippen molar-refractivity contribution in [3.05, 3.63) is 60.7 Å². The molecule has 0 bridgehead atoms. The average molecular weight is 393 g/mol. The summed E-state index contributed by atoms with van der Waals surface area (Å²) in [6.07, 6.45) is 4.44. The lowest BCUT2D eigenvalue weighted by molar-refractivity contribution is -0.112. The van der Waals surface area contributed by atoms with Crippen LogP contribution in [0.5, 0.6) is 0 Å². The molecule has 0 spiro atoms. The van der Waals surface area contributed by atoms with E-state index in [2.05, 4.69) is 88.4 Å². The minimum Gasteiger partial charge on any atom is -0.404 e. The predicted octanol–water partition coefficient (Wildman–Crippen LogP) is 4.57. The highest BCUT2D eigenvalue weighted by atomic mass is 28.4. The number of fused-ring (bicyclic) bond motifs is 1. The minimum atomic E-state index is -2.54. The summed E-state index contributed by atoms with van der Waals surface area (Å²) in [6.45, 7) is 9.23. The fourth-order valence-electron chi connectivity index (χ4n) is 5.73. The summed E-state index contributed by atoms with van der Waals surface area (Å²) in [7, 11) is -2.54. The number of aldehydes is 1. The van der Waals surface area contributed by atoms with Crippen molar-refractivity contribution in [2.75, 3.05) is 0 Å². The molecular formula is C25H32O2Si. The maximum absolute atomic E-state index is 11.8. The molecule has 2 aromatic rings. The maximum atomic E-state index is 11.8. The van der Waals surface area contributed by atoms with E-state index in [0.717, 1.165) is 19.3 Å². The summed E-state index contributed by atoms with van der Waals surface area (Å²) in [6, 6.07) is 21.7. The number of benzene rings is 2. The third-order valence-corrected chi connectivity index (χ3v) is 12.3. The molecule has 2 saturated carbocycles. The van der Waals surface area contributed by atoms with Crippen molar-refractivity contribution in [1.82, 2.24) is 0 Å². The topological polar surface area (TPSA) is 26.3 Å². The molecule has 2 aromatic carbocycles. The van der Waals surface area contributed by atoms with E-state index in [4.69, 9.17) is 4.43 Å². The molecule has 0 aliphatic heterocycles. The lowest BCUT2D eigenvalue weighted by atomic mass is 9.98. The van der Waals surface area contributed by atoms with E-state index in [1.165, 1.54) is 16.7 Å². The summed E-state index contributed by atoms with van der Waals surface area (Å²) in [4.78, 5) is 11.8. The Morgan fingerprint density at radius 1 is 1.00 bits per heavy atom. The number of hydrogen-bond donors (Lipinski definition) is 0. The van der Waals surface area contributed by atoms with Gasteiger partial charge in [-0.2, -0.15) is 0 Å². The van der Waals surface area contributed by atoms with Crippen molar-refractivity contribution in [1.29, 1.82) is 0 Å². The molecular weight excluding hydrogens is 360 g/mol. The molecule has 4 atom stereocenters. The van der Waals surface area contributed by atoms with Crippen molar-refractivity contribution in [3.63, 3.8) is 0 Å². The number of rotatable bonds is 6. The molecule has 148 valence electrons. The smallest absolute Gasteiger partial charge is 0.261 e. The van der Waals surface area contributed by atoms with Gasteiger partial charge >= 0.3 is 0 Å². The third kappa shape index (κ3) is 2.91. The van der Waals surface area contributed by atoms with Gasteiger partial charge < -0.3 is 9.22 Å². The molecule has 0 saturated heterocycles. The van der Waals surface area contributed by atoms with Gasteiger partial charge in [0.2, 0.25) is 0 Å². The largest absolute Gasteiger partial charge is 0.404 e. The van der Waals surface area contributed by atoms with Crippen LogP contribution in [-0.2, 0) is 9.22 Å². The van der Waals surface area contributed by atoms with Gasteiger partial charge in [-0.05, 0) is 40.1 Å². The molecule has 0 unspecified atom stereocenters. The van der Waals surface area contributed by atoms with Crippen molar-refractivity contribution in [3.8, 4) is 0 Å². The minimum absolute atomic E-state index is 0.0187. The Bertz CT molecular complexity index is 787. The lowest BCUT2D eigenvalue weighted by Gasteiger charge is -2.46. The molecule has 0 radical (unpaired) electrons. The Morgan fingerprint density at radius 3 is 1.96 bits per heavy atom. The molecule has 2 aliphatic carbocycles. The van der Waals surface area contributed by atoms with E-state index in [0.29, 0.717) is 11.8 Å². The van der Waals surface area contributed by atoms with Gasteiger partial charge in [0.15, 0.2) is 0 Å². The molecule has 3 heteroatoms. The van der Waals surface area contributed by atoms with Crippen molar-refractivity contribution in [2.45, 2.75) is 58.1 Å². The first-order valence-electron chi connectivity index (χ1n) is 10.6. The normalized spacial score (nSPS) is 29.4. The Labute approximate surface area is 170 Å². The van der Waals surface area contributed by atoms with Crippen LogP contribution in [0.2, 0.25) is 5.04 Å². The Kier molecular flexibility index (Phi) is 4.87. The monoisotopic (exact) mass is 392 g/mol. The summed E-state index contributed by atoms with van der Waals surface area (Å²) in [5, 5.41) is 2.63. The van der Waals surface area contributed by atoms with Crippen LogP contribution in [0.4, 0.5) is 0 Å². The highest BCUT2D eigenvalue weighted by Crippen LogP contribution is 2.66. The SMILES string of the molecule is CC[C@H]1[C@H](O[Si](c2ccccc2)(c2ccccc2)C(C)(C)C)C[C@@]2(C=O)C[C@@H]12. The van der Waals surface area contributed by atoms with E-state index >= 15 is 0 Å². The molecule has 0 amide bonds. The number of carbonyl (C=O) groups is 1. The van der Waals surface area contributed by atoms with Crippen LogP contribution >= 0.6 is 0 Å². The van der Waals surface area contributed by atoms with Crippen LogP contribution in [0.25, 0.3) is 0 Å². The van der Waals surface area contributed by atoms with Crippen LogP contribution in [0.1, 0.15) is 47.0 Å². The molecule has 0 N–H and O–H groups in total. The summed E-state index contributed by atoms with van der Waals surface area (Å²) in [5.74, 6) is 1.02. The lowest BCUT2D eigenvalue weighted by Crippen LogP contribution is -2.68. The van der Waals surface area contributed by atoms with Gasteiger partial charge in [0.05, 0.1) is 0 Å². The third-order valence-electron chi connectivity index (χ3n) is 7.20. The summed E-state index contributed by atoms with van der Waals surface area (Å²) < 4.78 is 7.35. The highest BCUT2D eigenvalue weighted by Gasteiger charge is 2.66. The first-order valence-corrected chi connectivity index (χ1v) is 12.5. The molecule has 4 rings (SSSR count). The first-order chi connectivity index (χ1) is 13.4. The average Bonchev–Trinajstić information content (AvgIpc) is 3.33. The number of carbonyl (C=O) groups excluding carboxylic acids is 1. The van der Waals surface area contributed by atoms with Crippen molar-refractivity contribution >= 4 is 25.0 Å². The predicted molar refractivity (Wildman–Crippen MR) is 117 cm³/mol. The Balaban J connectivity index is 1.83.